The van der Waals surface area contributed by atoms with Crippen molar-refractivity contribution < 1.29 is 22.7 Å². The monoisotopic (exact) mass is 300 g/mol. The van der Waals surface area contributed by atoms with E-state index in [-0.39, 0.29) is 0 Å². The van der Waals surface area contributed by atoms with E-state index in [0.29, 0.717) is 0 Å². The van der Waals surface area contributed by atoms with Crippen molar-refractivity contribution in [2.45, 2.75) is 29.8 Å². The molecule has 0 aromatic rings. The molecule has 1 nitrogen and oxygen atoms in total. The summed E-state index contributed by atoms with van der Waals surface area (Å²) in [6, 6.07) is 0. The van der Waals surface area contributed by atoms with Crippen LogP contribution in [0.25, 0.3) is 0 Å². The Labute approximate surface area is 81.3 Å². The van der Waals surface area contributed by atoms with Gasteiger partial charge in [0.25, 0.3) is 0 Å². The van der Waals surface area contributed by atoms with Crippen LogP contribution in [0, 0.1) is 5.92 Å². The maximum absolute atomic E-state index is 12.0. The fraction of sp³-hybridized carbons (Fsp3) is 1.00. The lowest BCUT2D eigenvalue weighted by molar-refractivity contribution is -0.172. The van der Waals surface area contributed by atoms with Crippen molar-refractivity contribution in [2.24, 2.45) is 5.92 Å². The molecule has 0 fully saturated rings. The molecular weight excluding hydrogens is 291 g/mol. The van der Waals surface area contributed by atoms with Crippen LogP contribution < -0.4 is 0 Å². The summed E-state index contributed by atoms with van der Waals surface area (Å²) < 4.78 is 46.6. The quantitative estimate of drug-likeness (QED) is 0.483. The third kappa shape index (κ3) is 4.44. The maximum atomic E-state index is 12.0. The number of halogens is 5. The lowest BCUT2D eigenvalue weighted by atomic mass is 10.1. The summed E-state index contributed by atoms with van der Waals surface area (Å²) in [5, 5.41) is 8.29. The normalized spacial score (nSPS) is 20.2. The third-order valence-electron chi connectivity index (χ3n) is 1.44. The van der Waals surface area contributed by atoms with Crippen LogP contribution in [-0.2, 0) is 0 Å². The van der Waals surface area contributed by atoms with Crippen LogP contribution in [0.3, 0.4) is 0 Å². The fourth-order valence-corrected chi connectivity index (χ4v) is 1.35. The van der Waals surface area contributed by atoms with Gasteiger partial charge in [-0.1, -0.05) is 29.5 Å². The van der Waals surface area contributed by atoms with Crippen molar-refractivity contribution >= 4 is 22.6 Å². The van der Waals surface area contributed by atoms with Crippen molar-refractivity contribution in [3.63, 3.8) is 0 Å². The highest BCUT2D eigenvalue weighted by molar-refractivity contribution is 14.1. The number of aliphatic hydroxyl groups is 1. The SMILES string of the molecule is CC(CC(I)C(O)F)C(F)(F)F. The van der Waals surface area contributed by atoms with Crippen LogP contribution in [0.15, 0.2) is 0 Å². The van der Waals surface area contributed by atoms with Crippen molar-refractivity contribution in [1.82, 2.24) is 0 Å². The van der Waals surface area contributed by atoms with E-state index in [4.69, 9.17) is 5.11 Å². The van der Waals surface area contributed by atoms with Crippen molar-refractivity contribution in [1.29, 1.82) is 0 Å². The van der Waals surface area contributed by atoms with Gasteiger partial charge < -0.3 is 5.11 Å². The molecule has 3 unspecified atom stereocenters. The van der Waals surface area contributed by atoms with Gasteiger partial charge in [-0.3, -0.25) is 0 Å². The van der Waals surface area contributed by atoms with Crippen LogP contribution in [-0.4, -0.2) is 21.6 Å². The highest BCUT2D eigenvalue weighted by Gasteiger charge is 2.37. The summed E-state index contributed by atoms with van der Waals surface area (Å²) in [7, 11) is 0. The smallest absolute Gasteiger partial charge is 0.363 e. The zero-order valence-corrected chi connectivity index (χ0v) is 8.43. The molecule has 0 radical (unpaired) electrons. The maximum Gasteiger partial charge on any atom is 0.391 e. The number of aliphatic hydroxyl groups excluding tert-OH is 1. The molecule has 3 atom stereocenters. The summed E-state index contributed by atoms with van der Waals surface area (Å²) in [6.07, 6.45) is -6.89. The van der Waals surface area contributed by atoms with Crippen LogP contribution >= 0.6 is 22.6 Å². The highest BCUT2D eigenvalue weighted by atomic mass is 127. The zero-order valence-electron chi connectivity index (χ0n) is 6.28. The second-order valence-corrected chi connectivity index (χ2v) is 4.17. The summed E-state index contributed by atoms with van der Waals surface area (Å²) in [4.78, 5) is 0. The Kier molecular flexibility index (Phi) is 4.75. The van der Waals surface area contributed by atoms with E-state index in [2.05, 4.69) is 0 Å². The van der Waals surface area contributed by atoms with Crippen molar-refractivity contribution in [3.8, 4) is 0 Å². The summed E-state index contributed by atoms with van der Waals surface area (Å²) in [6.45, 7) is 0.966. The molecule has 0 saturated carbocycles. The summed E-state index contributed by atoms with van der Waals surface area (Å²) in [5.41, 5.74) is 0. The Morgan fingerprint density at radius 3 is 2.08 bits per heavy atom. The summed E-state index contributed by atoms with van der Waals surface area (Å²) >= 11 is 1.46. The molecule has 0 bridgehead atoms. The minimum absolute atomic E-state index is 0.401. The minimum Gasteiger partial charge on any atom is -0.363 e. The van der Waals surface area contributed by atoms with E-state index >= 15 is 0 Å². The lowest BCUT2D eigenvalue weighted by Crippen LogP contribution is -2.26. The van der Waals surface area contributed by atoms with Gasteiger partial charge in [-0.2, -0.15) is 13.2 Å². The highest BCUT2D eigenvalue weighted by Crippen LogP contribution is 2.31. The van der Waals surface area contributed by atoms with Gasteiger partial charge in [0.1, 0.15) is 0 Å². The average Bonchev–Trinajstić information content (AvgIpc) is 1.85. The van der Waals surface area contributed by atoms with E-state index in [1.165, 1.54) is 22.6 Å². The second-order valence-electron chi connectivity index (χ2n) is 2.57. The zero-order chi connectivity index (χ0) is 9.94. The van der Waals surface area contributed by atoms with Crippen LogP contribution in [0.4, 0.5) is 17.6 Å². The molecule has 0 aliphatic rings. The molecule has 0 saturated heterocycles. The van der Waals surface area contributed by atoms with Gasteiger partial charge in [0.2, 0.25) is 6.36 Å². The standard InChI is InChI=1S/C6H9F4IO/c1-3(6(8,9)10)2-4(11)5(7)12/h3-5,12H,2H2,1H3. The Morgan fingerprint density at radius 2 is 1.83 bits per heavy atom. The first-order chi connectivity index (χ1) is 5.25. The van der Waals surface area contributed by atoms with Crippen LogP contribution in [0.1, 0.15) is 13.3 Å². The first kappa shape index (κ1) is 12.4. The minimum atomic E-state index is -4.31. The largest absolute Gasteiger partial charge is 0.391 e. The molecule has 0 rings (SSSR count). The number of hydrogen-bond acceptors (Lipinski definition) is 1. The predicted molar refractivity (Wildman–Crippen MR) is 44.8 cm³/mol. The molecule has 6 heteroatoms. The third-order valence-corrected chi connectivity index (χ3v) is 2.54. The Balaban J connectivity index is 3.93. The molecule has 12 heavy (non-hydrogen) atoms. The van der Waals surface area contributed by atoms with Gasteiger partial charge in [0, 0.05) is 0 Å². The molecule has 0 aromatic carbocycles. The van der Waals surface area contributed by atoms with E-state index in [1.807, 2.05) is 0 Å². The fourth-order valence-electron chi connectivity index (χ4n) is 0.584. The van der Waals surface area contributed by atoms with Gasteiger partial charge in [0.15, 0.2) is 0 Å². The molecule has 0 spiro atoms. The molecule has 0 aromatic heterocycles. The van der Waals surface area contributed by atoms with Gasteiger partial charge in [-0.15, -0.1) is 0 Å². The molecule has 0 aliphatic carbocycles. The first-order valence-corrected chi connectivity index (χ1v) is 4.52. The van der Waals surface area contributed by atoms with Gasteiger partial charge in [0.05, 0.1) is 9.84 Å². The van der Waals surface area contributed by atoms with E-state index < -0.39 is 28.8 Å². The number of rotatable bonds is 3. The first-order valence-electron chi connectivity index (χ1n) is 3.28. The Bertz CT molecular complexity index is 136. The second kappa shape index (κ2) is 4.59. The Morgan fingerprint density at radius 1 is 1.42 bits per heavy atom. The Hall–Kier alpha value is 0.410. The van der Waals surface area contributed by atoms with E-state index in [9.17, 15) is 17.6 Å². The molecule has 0 amide bonds. The van der Waals surface area contributed by atoms with E-state index in [0.717, 1.165) is 6.92 Å². The molecular formula is C6H9F4IO. The van der Waals surface area contributed by atoms with Crippen LogP contribution in [0.5, 0.6) is 0 Å². The van der Waals surface area contributed by atoms with Gasteiger partial charge in [-0.05, 0) is 6.42 Å². The number of hydrogen-bond donors (Lipinski definition) is 1. The molecule has 74 valence electrons. The number of alkyl halides is 5. The van der Waals surface area contributed by atoms with Crippen molar-refractivity contribution in [2.75, 3.05) is 0 Å². The van der Waals surface area contributed by atoms with Gasteiger partial charge in [-0.25, -0.2) is 4.39 Å². The molecule has 0 heterocycles. The molecule has 1 N–H and O–H groups in total. The van der Waals surface area contributed by atoms with Crippen LogP contribution in [0.2, 0.25) is 0 Å². The lowest BCUT2D eigenvalue weighted by Gasteiger charge is -2.18. The van der Waals surface area contributed by atoms with Gasteiger partial charge >= 0.3 is 6.18 Å². The predicted octanol–water partition coefficient (Wildman–Crippen LogP) is 2.67. The summed E-state index contributed by atoms with van der Waals surface area (Å²) in [5.74, 6) is -1.58. The average molecular weight is 300 g/mol. The molecule has 0 aliphatic heterocycles. The topological polar surface area (TPSA) is 20.2 Å². The van der Waals surface area contributed by atoms with E-state index in [1.54, 1.807) is 0 Å². The van der Waals surface area contributed by atoms with Crippen molar-refractivity contribution in [3.05, 3.63) is 0 Å².